The summed E-state index contributed by atoms with van der Waals surface area (Å²) in [5, 5.41) is 7.45. The first kappa shape index (κ1) is 16.5. The van der Waals surface area contributed by atoms with Gasteiger partial charge in [-0.15, -0.1) is 0 Å². The Kier molecular flexibility index (Phi) is 5.40. The smallest absolute Gasteiger partial charge is 0.208 e. The van der Waals surface area contributed by atoms with Crippen LogP contribution in [0, 0.1) is 5.92 Å². The molecule has 0 spiro atoms. The molecule has 0 bridgehead atoms. The van der Waals surface area contributed by atoms with E-state index in [1.54, 1.807) is 0 Å². The zero-order valence-corrected chi connectivity index (χ0v) is 13.9. The average Bonchev–Trinajstić information content (AvgIpc) is 2.76. The van der Waals surface area contributed by atoms with E-state index in [-0.39, 0.29) is 6.04 Å². The van der Waals surface area contributed by atoms with Crippen LogP contribution in [0.15, 0.2) is 6.07 Å². The summed E-state index contributed by atoms with van der Waals surface area (Å²) in [7, 11) is -3.09. The number of hydrogen-bond acceptors (Lipinski definition) is 4. The summed E-state index contributed by atoms with van der Waals surface area (Å²) < 4.78 is 25.1. The summed E-state index contributed by atoms with van der Waals surface area (Å²) in [6.45, 7) is 7.05. The van der Waals surface area contributed by atoms with Crippen LogP contribution < -0.4 is 4.72 Å². The van der Waals surface area contributed by atoms with Gasteiger partial charge in [-0.25, -0.2) is 13.1 Å². The Bertz CT molecular complexity index is 545. The highest BCUT2D eigenvalue weighted by molar-refractivity contribution is 7.88. The summed E-state index contributed by atoms with van der Waals surface area (Å²) in [5.41, 5.74) is 2.26. The van der Waals surface area contributed by atoms with Gasteiger partial charge in [0.05, 0.1) is 11.9 Å². The number of likely N-dealkylation sites (tertiary alicyclic amines) is 1. The van der Waals surface area contributed by atoms with Crippen molar-refractivity contribution in [3.8, 4) is 0 Å². The number of rotatable bonds is 6. The van der Waals surface area contributed by atoms with E-state index in [4.69, 9.17) is 0 Å². The zero-order valence-electron chi connectivity index (χ0n) is 13.1. The molecule has 0 aromatic carbocycles. The highest BCUT2D eigenvalue weighted by Gasteiger charge is 2.21. The molecule has 0 unspecified atom stereocenters. The number of nitrogens with one attached hydrogen (secondary N) is 2. The maximum Gasteiger partial charge on any atom is 0.208 e. The van der Waals surface area contributed by atoms with Crippen molar-refractivity contribution in [2.45, 2.75) is 45.7 Å². The Morgan fingerprint density at radius 3 is 2.67 bits per heavy atom. The van der Waals surface area contributed by atoms with Crippen LogP contribution in [0.2, 0.25) is 0 Å². The molecule has 7 heteroatoms. The number of sulfonamides is 1. The molecule has 0 aliphatic carbocycles. The lowest BCUT2D eigenvalue weighted by Gasteiger charge is -2.31. The predicted molar refractivity (Wildman–Crippen MR) is 83.4 cm³/mol. The van der Waals surface area contributed by atoms with Crippen molar-refractivity contribution in [1.82, 2.24) is 19.8 Å². The molecule has 0 saturated carbocycles. The van der Waals surface area contributed by atoms with Crippen LogP contribution in [-0.4, -0.2) is 48.9 Å². The van der Waals surface area contributed by atoms with Crippen LogP contribution in [0.5, 0.6) is 0 Å². The minimum Gasteiger partial charge on any atom is -0.297 e. The topological polar surface area (TPSA) is 78.1 Å². The first-order valence-electron chi connectivity index (χ1n) is 7.54. The molecule has 1 aromatic heterocycles. The number of H-pyrrole nitrogens is 1. The maximum absolute atomic E-state index is 11.2. The van der Waals surface area contributed by atoms with E-state index >= 15 is 0 Å². The fraction of sp³-hybridized carbons (Fsp3) is 0.786. The summed E-state index contributed by atoms with van der Waals surface area (Å²) in [6.07, 6.45) is 3.94. The van der Waals surface area contributed by atoms with Crippen molar-refractivity contribution in [2.75, 3.05) is 19.3 Å². The van der Waals surface area contributed by atoms with Crippen LogP contribution in [0.3, 0.4) is 0 Å². The van der Waals surface area contributed by atoms with E-state index in [1.807, 2.05) is 0 Å². The van der Waals surface area contributed by atoms with Crippen LogP contribution in [0.4, 0.5) is 0 Å². The third-order valence-corrected chi connectivity index (χ3v) is 4.43. The fourth-order valence-corrected chi connectivity index (χ4v) is 3.61. The average molecular weight is 314 g/mol. The molecule has 0 radical (unpaired) electrons. The van der Waals surface area contributed by atoms with Gasteiger partial charge in [0.25, 0.3) is 0 Å². The first-order chi connectivity index (χ1) is 9.82. The van der Waals surface area contributed by atoms with Crippen molar-refractivity contribution in [3.05, 3.63) is 17.5 Å². The third-order valence-electron chi connectivity index (χ3n) is 3.66. The van der Waals surface area contributed by atoms with Crippen molar-refractivity contribution in [1.29, 1.82) is 0 Å². The number of nitrogens with zero attached hydrogens (tertiary/aromatic N) is 2. The molecule has 0 amide bonds. The van der Waals surface area contributed by atoms with Crippen LogP contribution in [-0.2, 0) is 23.0 Å². The van der Waals surface area contributed by atoms with Crippen LogP contribution >= 0.6 is 0 Å². The van der Waals surface area contributed by atoms with Gasteiger partial charge in [-0.05, 0) is 31.2 Å². The Morgan fingerprint density at radius 1 is 1.43 bits per heavy atom. The molecule has 2 N–H and O–H groups in total. The standard InChI is InChI=1S/C14H26N4O2S/c1-11(2)8-13-9-14(16-15-13)10-18-6-4-12(5-7-18)17-21(3,19)20/h9,11-12,17H,4-8,10H2,1-3H3,(H,15,16). The highest BCUT2D eigenvalue weighted by atomic mass is 32.2. The molecule has 1 aliphatic heterocycles. The monoisotopic (exact) mass is 314 g/mol. The molecule has 0 atom stereocenters. The second-order valence-electron chi connectivity index (χ2n) is 6.42. The minimum atomic E-state index is -3.09. The van der Waals surface area contributed by atoms with E-state index < -0.39 is 10.0 Å². The molecule has 1 aliphatic rings. The van der Waals surface area contributed by atoms with Crippen molar-refractivity contribution < 1.29 is 8.42 Å². The summed E-state index contributed by atoms with van der Waals surface area (Å²) in [4.78, 5) is 2.34. The summed E-state index contributed by atoms with van der Waals surface area (Å²) in [6, 6.07) is 2.22. The Morgan fingerprint density at radius 2 is 2.10 bits per heavy atom. The zero-order chi connectivity index (χ0) is 15.5. The number of aromatic nitrogens is 2. The molecule has 1 saturated heterocycles. The van der Waals surface area contributed by atoms with Crippen molar-refractivity contribution in [3.63, 3.8) is 0 Å². The van der Waals surface area contributed by atoms with Gasteiger partial charge < -0.3 is 0 Å². The Labute approximate surface area is 127 Å². The maximum atomic E-state index is 11.2. The molecular formula is C14H26N4O2S. The summed E-state index contributed by atoms with van der Waals surface area (Å²) >= 11 is 0. The first-order valence-corrected chi connectivity index (χ1v) is 9.44. The molecule has 1 aromatic rings. The van der Waals surface area contributed by atoms with E-state index in [1.165, 1.54) is 6.26 Å². The molecule has 2 rings (SSSR count). The van der Waals surface area contributed by atoms with Gasteiger partial charge in [0.15, 0.2) is 0 Å². The Balaban J connectivity index is 1.79. The predicted octanol–water partition coefficient (Wildman–Crippen LogP) is 1.12. The van der Waals surface area contributed by atoms with E-state index in [0.29, 0.717) is 5.92 Å². The van der Waals surface area contributed by atoms with Gasteiger partial charge >= 0.3 is 0 Å². The van der Waals surface area contributed by atoms with E-state index in [0.717, 1.165) is 50.3 Å². The Hall–Kier alpha value is -0.920. The summed E-state index contributed by atoms with van der Waals surface area (Å²) in [5.74, 6) is 0.610. The van der Waals surface area contributed by atoms with E-state index in [2.05, 4.69) is 39.7 Å². The SMILES string of the molecule is CC(C)Cc1cc(CN2CCC(NS(C)(=O)=O)CC2)[nH]n1. The lowest BCUT2D eigenvalue weighted by molar-refractivity contribution is 0.198. The normalized spacial score (nSPS) is 18.5. The fourth-order valence-electron chi connectivity index (χ4n) is 2.77. The third kappa shape index (κ3) is 5.76. The van der Waals surface area contributed by atoms with Gasteiger partial charge in [-0.2, -0.15) is 5.10 Å². The highest BCUT2D eigenvalue weighted by Crippen LogP contribution is 2.14. The lowest BCUT2D eigenvalue weighted by Crippen LogP contribution is -2.44. The second-order valence-corrected chi connectivity index (χ2v) is 8.20. The number of piperidine rings is 1. The lowest BCUT2D eigenvalue weighted by atomic mass is 10.1. The second kappa shape index (κ2) is 6.89. The quantitative estimate of drug-likeness (QED) is 0.825. The molecule has 6 nitrogen and oxygen atoms in total. The van der Waals surface area contributed by atoms with Crippen LogP contribution in [0.1, 0.15) is 38.1 Å². The molecule has 1 fully saturated rings. The minimum absolute atomic E-state index is 0.0783. The molecule has 21 heavy (non-hydrogen) atoms. The van der Waals surface area contributed by atoms with Gasteiger partial charge in [0.1, 0.15) is 0 Å². The number of aromatic amines is 1. The molecule has 120 valence electrons. The van der Waals surface area contributed by atoms with Crippen LogP contribution in [0.25, 0.3) is 0 Å². The van der Waals surface area contributed by atoms with E-state index in [9.17, 15) is 8.42 Å². The molecule has 2 heterocycles. The molecular weight excluding hydrogens is 288 g/mol. The van der Waals surface area contributed by atoms with Gasteiger partial charge in [0, 0.05) is 31.4 Å². The van der Waals surface area contributed by atoms with Gasteiger partial charge in [-0.1, -0.05) is 13.8 Å². The van der Waals surface area contributed by atoms with Crippen molar-refractivity contribution >= 4 is 10.0 Å². The largest absolute Gasteiger partial charge is 0.297 e. The van der Waals surface area contributed by atoms with Gasteiger partial charge in [0.2, 0.25) is 10.0 Å². The van der Waals surface area contributed by atoms with Crippen molar-refractivity contribution in [2.24, 2.45) is 5.92 Å². The number of hydrogen-bond donors (Lipinski definition) is 2. The van der Waals surface area contributed by atoms with Gasteiger partial charge in [-0.3, -0.25) is 10.00 Å².